The Kier molecular flexibility index (Phi) is 6.25. The first-order valence-electron chi connectivity index (χ1n) is 12.9. The van der Waals surface area contributed by atoms with E-state index >= 15 is 0 Å². The van der Waals surface area contributed by atoms with Gasteiger partial charge in [-0.2, -0.15) is 0 Å². The zero-order valence-electron chi connectivity index (χ0n) is 20.2. The fourth-order valence-electron chi connectivity index (χ4n) is 6.03. The minimum atomic E-state index is -0.916. The van der Waals surface area contributed by atoms with Crippen LogP contribution in [-0.2, 0) is 11.3 Å². The summed E-state index contributed by atoms with van der Waals surface area (Å²) in [5, 5.41) is 3.32. The van der Waals surface area contributed by atoms with E-state index < -0.39 is 5.54 Å². The summed E-state index contributed by atoms with van der Waals surface area (Å²) in [5.41, 5.74) is 1.34. The molecule has 2 aromatic heterocycles. The molecular formula is C26H38N4O3. The Morgan fingerprint density at radius 2 is 1.82 bits per heavy atom. The Hall–Kier alpha value is -2.28. The monoisotopic (exact) mass is 454 g/mol. The maximum absolute atomic E-state index is 13.7. The smallest absolute Gasteiger partial charge is 0.271 e. The van der Waals surface area contributed by atoms with Crippen LogP contribution in [0.3, 0.4) is 0 Å². The van der Waals surface area contributed by atoms with Crippen molar-refractivity contribution in [2.24, 2.45) is 0 Å². The molecule has 2 fully saturated rings. The third-order valence-electron chi connectivity index (χ3n) is 7.97. The fraction of sp³-hybridized carbons (Fsp3) is 0.692. The summed E-state index contributed by atoms with van der Waals surface area (Å²) in [4.78, 5) is 31.8. The van der Waals surface area contributed by atoms with Crippen molar-refractivity contribution in [2.75, 3.05) is 26.2 Å². The van der Waals surface area contributed by atoms with E-state index in [1.807, 2.05) is 35.4 Å². The number of amides is 2. The van der Waals surface area contributed by atoms with Crippen LogP contribution < -0.4 is 5.32 Å². The highest BCUT2D eigenvalue weighted by Gasteiger charge is 2.48. The number of rotatable bonds is 6. The molecule has 180 valence electrons. The first-order valence-corrected chi connectivity index (χ1v) is 12.9. The van der Waals surface area contributed by atoms with Crippen LogP contribution in [0.5, 0.6) is 0 Å². The van der Waals surface area contributed by atoms with Crippen molar-refractivity contribution in [1.29, 1.82) is 0 Å². The van der Waals surface area contributed by atoms with Gasteiger partial charge in [-0.1, -0.05) is 25.7 Å². The lowest BCUT2D eigenvalue weighted by Crippen LogP contribution is -2.65. The second-order valence-corrected chi connectivity index (χ2v) is 10.5. The van der Waals surface area contributed by atoms with Gasteiger partial charge in [0.1, 0.15) is 17.0 Å². The number of nitrogens with zero attached hydrogens (tertiary/aromatic N) is 3. The van der Waals surface area contributed by atoms with Crippen LogP contribution in [0.2, 0.25) is 0 Å². The third-order valence-corrected chi connectivity index (χ3v) is 7.97. The van der Waals surface area contributed by atoms with Gasteiger partial charge in [-0.3, -0.25) is 9.59 Å². The Balaban J connectivity index is 1.40. The SMILES string of the molecule is Cc1cc2c(cc3n2C[C@](C)(C(=O)NC2CCCCC2)N(CCCN2CCCCC2)C3=O)o1. The normalized spacial score (nSPS) is 24.9. The van der Waals surface area contributed by atoms with E-state index in [2.05, 4.69) is 10.2 Å². The second-order valence-electron chi connectivity index (χ2n) is 10.5. The molecule has 0 unspecified atom stereocenters. The molecule has 2 aliphatic heterocycles. The van der Waals surface area contributed by atoms with Crippen LogP contribution in [-0.4, -0.2) is 63.9 Å². The minimum Gasteiger partial charge on any atom is -0.460 e. The van der Waals surface area contributed by atoms with Crippen molar-refractivity contribution in [3.63, 3.8) is 0 Å². The van der Waals surface area contributed by atoms with E-state index in [1.165, 1.54) is 25.7 Å². The van der Waals surface area contributed by atoms with Crippen molar-refractivity contribution in [1.82, 2.24) is 19.7 Å². The number of hydrogen-bond acceptors (Lipinski definition) is 4. The van der Waals surface area contributed by atoms with Gasteiger partial charge < -0.3 is 24.1 Å². The van der Waals surface area contributed by atoms with Crippen molar-refractivity contribution in [3.05, 3.63) is 23.6 Å². The highest BCUT2D eigenvalue weighted by atomic mass is 16.3. The quantitative estimate of drug-likeness (QED) is 0.714. The molecule has 1 saturated heterocycles. The molecule has 1 aliphatic carbocycles. The summed E-state index contributed by atoms with van der Waals surface area (Å²) in [6.07, 6.45) is 10.4. The highest BCUT2D eigenvalue weighted by molar-refractivity contribution is 6.03. The molecule has 4 heterocycles. The Morgan fingerprint density at radius 1 is 1.09 bits per heavy atom. The van der Waals surface area contributed by atoms with Gasteiger partial charge >= 0.3 is 0 Å². The lowest BCUT2D eigenvalue weighted by molar-refractivity contribution is -0.133. The molecule has 3 aliphatic rings. The topological polar surface area (TPSA) is 70.7 Å². The number of aryl methyl sites for hydroxylation is 1. The summed E-state index contributed by atoms with van der Waals surface area (Å²) in [6, 6.07) is 4.04. The largest absolute Gasteiger partial charge is 0.460 e. The van der Waals surface area contributed by atoms with Gasteiger partial charge in [0.05, 0.1) is 12.1 Å². The van der Waals surface area contributed by atoms with Gasteiger partial charge in [-0.05, 0) is 65.6 Å². The molecule has 7 nitrogen and oxygen atoms in total. The predicted octanol–water partition coefficient (Wildman–Crippen LogP) is 4.08. The van der Waals surface area contributed by atoms with E-state index in [9.17, 15) is 9.59 Å². The molecule has 0 radical (unpaired) electrons. The van der Waals surface area contributed by atoms with E-state index in [1.54, 1.807) is 0 Å². The summed E-state index contributed by atoms with van der Waals surface area (Å²) in [5.74, 6) is 0.735. The van der Waals surface area contributed by atoms with Gasteiger partial charge in [0.2, 0.25) is 5.91 Å². The maximum atomic E-state index is 13.7. The van der Waals surface area contributed by atoms with Crippen LogP contribution in [0, 0.1) is 6.92 Å². The summed E-state index contributed by atoms with van der Waals surface area (Å²) in [7, 11) is 0. The van der Waals surface area contributed by atoms with Gasteiger partial charge in [-0.25, -0.2) is 0 Å². The van der Waals surface area contributed by atoms with E-state index in [4.69, 9.17) is 4.42 Å². The lowest BCUT2D eigenvalue weighted by Gasteiger charge is -2.45. The number of hydrogen-bond donors (Lipinski definition) is 1. The highest BCUT2D eigenvalue weighted by Crippen LogP contribution is 2.34. The van der Waals surface area contributed by atoms with Crippen LogP contribution in [0.1, 0.15) is 81.0 Å². The van der Waals surface area contributed by atoms with E-state index in [0.29, 0.717) is 18.8 Å². The maximum Gasteiger partial charge on any atom is 0.271 e. The molecular weight excluding hydrogens is 416 g/mol. The third kappa shape index (κ3) is 4.32. The van der Waals surface area contributed by atoms with Crippen molar-refractivity contribution >= 4 is 22.9 Å². The second kappa shape index (κ2) is 9.16. The summed E-state index contributed by atoms with van der Waals surface area (Å²) < 4.78 is 7.81. The van der Waals surface area contributed by atoms with E-state index in [0.717, 1.165) is 68.6 Å². The number of aromatic nitrogens is 1. The van der Waals surface area contributed by atoms with Crippen LogP contribution in [0.25, 0.3) is 11.1 Å². The zero-order valence-corrected chi connectivity index (χ0v) is 20.2. The van der Waals surface area contributed by atoms with Crippen molar-refractivity contribution in [3.8, 4) is 0 Å². The number of furan rings is 1. The molecule has 0 spiro atoms. The Labute approximate surface area is 196 Å². The Morgan fingerprint density at radius 3 is 2.58 bits per heavy atom. The average molecular weight is 455 g/mol. The molecule has 2 amide bonds. The zero-order chi connectivity index (χ0) is 23.0. The Bertz CT molecular complexity index is 1010. The first-order chi connectivity index (χ1) is 16.0. The number of piperidine rings is 1. The summed E-state index contributed by atoms with van der Waals surface area (Å²) >= 11 is 0. The van der Waals surface area contributed by atoms with Crippen molar-refractivity contribution < 1.29 is 14.0 Å². The van der Waals surface area contributed by atoms with Gasteiger partial charge in [0.15, 0.2) is 5.58 Å². The first kappa shape index (κ1) is 22.5. The molecule has 0 bridgehead atoms. The van der Waals surface area contributed by atoms with Crippen LogP contribution >= 0.6 is 0 Å². The number of likely N-dealkylation sites (tertiary alicyclic amines) is 1. The average Bonchev–Trinajstić information content (AvgIpc) is 3.34. The number of carbonyl (C=O) groups excluding carboxylic acids is 2. The van der Waals surface area contributed by atoms with Crippen molar-refractivity contribution in [2.45, 2.75) is 89.8 Å². The molecule has 5 rings (SSSR count). The summed E-state index contributed by atoms with van der Waals surface area (Å²) in [6.45, 7) is 8.18. The number of nitrogens with one attached hydrogen (secondary N) is 1. The van der Waals surface area contributed by atoms with Gasteiger partial charge in [0.25, 0.3) is 5.91 Å². The van der Waals surface area contributed by atoms with Gasteiger partial charge in [0, 0.05) is 24.7 Å². The molecule has 0 aromatic carbocycles. The van der Waals surface area contributed by atoms with Gasteiger partial charge in [-0.15, -0.1) is 0 Å². The molecule has 7 heteroatoms. The lowest BCUT2D eigenvalue weighted by atomic mass is 9.91. The molecule has 2 aromatic rings. The molecule has 1 atom stereocenters. The number of carbonyl (C=O) groups is 2. The minimum absolute atomic E-state index is 0.0200. The molecule has 1 saturated carbocycles. The predicted molar refractivity (Wildman–Crippen MR) is 128 cm³/mol. The number of fused-ring (bicyclic) bond motifs is 3. The van der Waals surface area contributed by atoms with Crippen LogP contribution in [0.15, 0.2) is 16.5 Å². The fourth-order valence-corrected chi connectivity index (χ4v) is 6.03. The molecule has 1 N–H and O–H groups in total. The van der Waals surface area contributed by atoms with Crippen LogP contribution in [0.4, 0.5) is 0 Å². The molecule has 33 heavy (non-hydrogen) atoms. The van der Waals surface area contributed by atoms with E-state index in [-0.39, 0.29) is 17.9 Å². The standard InChI is InChI=1S/C26H38N4O3/c1-19-16-21-23(33-19)17-22-24(31)30(15-9-14-28-12-7-4-8-13-28)26(2,18-29(21)22)25(32)27-20-10-5-3-6-11-20/h16-17,20H,3-15,18H2,1-2H3,(H,27,32)/t26-/m1/s1.